The first-order valence-corrected chi connectivity index (χ1v) is 13.0. The van der Waals surface area contributed by atoms with E-state index in [9.17, 15) is 24.9 Å². The van der Waals surface area contributed by atoms with Crippen molar-refractivity contribution in [2.24, 2.45) is 0 Å². The summed E-state index contributed by atoms with van der Waals surface area (Å²) in [4.78, 5) is 28.3. The molecule has 1 aliphatic carbocycles. The molecule has 1 aliphatic heterocycles. The summed E-state index contributed by atoms with van der Waals surface area (Å²) in [7, 11) is 1.48. The molecule has 4 atom stereocenters. The van der Waals surface area contributed by atoms with Crippen LogP contribution in [0.2, 0.25) is 5.02 Å². The van der Waals surface area contributed by atoms with Gasteiger partial charge in [-0.1, -0.05) is 30.7 Å². The second kappa shape index (κ2) is 12.2. The first kappa shape index (κ1) is 27.9. The molecular weight excluding hydrogens is 512 g/mol. The van der Waals surface area contributed by atoms with Gasteiger partial charge in [0.05, 0.1) is 32.3 Å². The highest BCUT2D eigenvalue weighted by Crippen LogP contribution is 2.51. The van der Waals surface area contributed by atoms with Crippen molar-refractivity contribution in [3.63, 3.8) is 0 Å². The van der Waals surface area contributed by atoms with Crippen molar-refractivity contribution in [3.05, 3.63) is 69.8 Å². The standard InChI is InChI=1S/C28H33ClN2O7/c1-3-4-23(34)31(14-16-5-7-18(29)8-6-16)21-13-20(28(36)30-9-10-32)24-19-11-17(15-33)12-22(37-2)26(19)38-27(24)25(21)35/h5-8,11-13,21,24-25,27,32-33,35H,3-4,9-10,14-15H2,1-2H3,(H,30,36). The van der Waals surface area contributed by atoms with Crippen molar-refractivity contribution in [1.82, 2.24) is 10.2 Å². The zero-order valence-corrected chi connectivity index (χ0v) is 22.1. The highest BCUT2D eigenvalue weighted by Gasteiger charge is 2.51. The van der Waals surface area contributed by atoms with Crippen LogP contribution in [0, 0.1) is 0 Å². The molecule has 2 aromatic carbocycles. The second-order valence-electron chi connectivity index (χ2n) is 9.42. The number of methoxy groups -OCH3 is 1. The summed E-state index contributed by atoms with van der Waals surface area (Å²) in [6.45, 7) is 1.64. The van der Waals surface area contributed by atoms with E-state index < -0.39 is 30.1 Å². The molecule has 0 fully saturated rings. The van der Waals surface area contributed by atoms with Crippen LogP contribution < -0.4 is 14.8 Å². The molecular formula is C28H33ClN2O7. The lowest BCUT2D eigenvalue weighted by Gasteiger charge is -2.40. The first-order chi connectivity index (χ1) is 18.3. The van der Waals surface area contributed by atoms with E-state index in [0.717, 1.165) is 5.56 Å². The highest BCUT2D eigenvalue weighted by atomic mass is 35.5. The zero-order chi connectivity index (χ0) is 27.4. The molecule has 38 heavy (non-hydrogen) atoms. The quantitative estimate of drug-likeness (QED) is 0.361. The lowest BCUT2D eigenvalue weighted by molar-refractivity contribution is -0.138. The molecule has 10 heteroatoms. The van der Waals surface area contributed by atoms with Gasteiger partial charge in [-0.25, -0.2) is 0 Å². The SMILES string of the molecule is CCCC(=O)N(Cc1ccc(Cl)cc1)C1C=C(C(=O)NCCO)C2c3cc(CO)cc(OC)c3OC2C1O. The molecule has 2 amide bonds. The number of ether oxygens (including phenoxy) is 2. The van der Waals surface area contributed by atoms with Crippen molar-refractivity contribution < 1.29 is 34.4 Å². The molecule has 4 rings (SSSR count). The lowest BCUT2D eigenvalue weighted by atomic mass is 9.77. The molecule has 0 aromatic heterocycles. The molecule has 2 aromatic rings. The third-order valence-corrected chi connectivity index (χ3v) is 7.16. The molecule has 2 aliphatic rings. The molecule has 0 saturated heterocycles. The Morgan fingerprint density at radius 2 is 1.89 bits per heavy atom. The summed E-state index contributed by atoms with van der Waals surface area (Å²) in [6.07, 6.45) is 0.441. The topological polar surface area (TPSA) is 129 Å². The monoisotopic (exact) mass is 544 g/mol. The van der Waals surface area contributed by atoms with Gasteiger partial charge in [-0.05, 0) is 47.9 Å². The van der Waals surface area contributed by atoms with Crippen LogP contribution in [0.5, 0.6) is 11.5 Å². The second-order valence-corrected chi connectivity index (χ2v) is 9.85. The minimum Gasteiger partial charge on any atom is -0.493 e. The van der Waals surface area contributed by atoms with E-state index in [0.29, 0.717) is 39.6 Å². The average Bonchev–Trinajstić information content (AvgIpc) is 3.31. The van der Waals surface area contributed by atoms with Gasteiger partial charge in [-0.3, -0.25) is 9.59 Å². The molecule has 1 heterocycles. The Bertz CT molecular complexity index is 1200. The Morgan fingerprint density at radius 3 is 2.53 bits per heavy atom. The van der Waals surface area contributed by atoms with E-state index in [1.807, 2.05) is 19.1 Å². The average molecular weight is 545 g/mol. The smallest absolute Gasteiger partial charge is 0.247 e. The fraction of sp³-hybridized carbons (Fsp3) is 0.429. The van der Waals surface area contributed by atoms with E-state index in [2.05, 4.69) is 5.32 Å². The number of aliphatic hydroxyl groups excluding tert-OH is 3. The Hall–Kier alpha value is -3.11. The number of benzene rings is 2. The summed E-state index contributed by atoms with van der Waals surface area (Å²) in [5.74, 6) is -0.532. The van der Waals surface area contributed by atoms with Crippen molar-refractivity contribution in [1.29, 1.82) is 0 Å². The largest absolute Gasteiger partial charge is 0.493 e. The number of fused-ring (bicyclic) bond motifs is 3. The molecule has 204 valence electrons. The van der Waals surface area contributed by atoms with Crippen LogP contribution in [0.15, 0.2) is 48.0 Å². The maximum atomic E-state index is 13.4. The van der Waals surface area contributed by atoms with Crippen LogP contribution >= 0.6 is 11.6 Å². The Balaban J connectivity index is 1.81. The van der Waals surface area contributed by atoms with E-state index in [1.165, 1.54) is 7.11 Å². The molecule has 4 unspecified atom stereocenters. The number of nitrogens with zero attached hydrogens (tertiary/aromatic N) is 1. The van der Waals surface area contributed by atoms with Gasteiger partial charge in [0.2, 0.25) is 11.8 Å². The Labute approximate surface area is 226 Å². The fourth-order valence-corrected chi connectivity index (χ4v) is 5.25. The van der Waals surface area contributed by atoms with Gasteiger partial charge in [-0.15, -0.1) is 0 Å². The fourth-order valence-electron chi connectivity index (χ4n) is 5.12. The number of aliphatic hydroxyl groups is 3. The summed E-state index contributed by atoms with van der Waals surface area (Å²) < 4.78 is 11.7. The van der Waals surface area contributed by atoms with E-state index in [4.69, 9.17) is 21.1 Å². The van der Waals surface area contributed by atoms with Gasteiger partial charge in [-0.2, -0.15) is 0 Å². The van der Waals surface area contributed by atoms with Gasteiger partial charge in [0.1, 0.15) is 12.2 Å². The number of amides is 2. The number of carbonyl (C=O) groups is 2. The molecule has 0 spiro atoms. The number of hydrogen-bond acceptors (Lipinski definition) is 7. The number of carbonyl (C=O) groups excluding carboxylic acids is 2. The number of hydrogen-bond donors (Lipinski definition) is 4. The van der Waals surface area contributed by atoms with Crippen LogP contribution in [0.1, 0.15) is 42.4 Å². The zero-order valence-electron chi connectivity index (χ0n) is 21.4. The maximum Gasteiger partial charge on any atom is 0.247 e. The first-order valence-electron chi connectivity index (χ1n) is 12.6. The van der Waals surface area contributed by atoms with E-state index in [-0.39, 0.29) is 38.6 Å². The summed E-state index contributed by atoms with van der Waals surface area (Å²) in [5, 5.41) is 34.0. The van der Waals surface area contributed by atoms with Gasteiger partial charge in [0.25, 0.3) is 0 Å². The van der Waals surface area contributed by atoms with Crippen molar-refractivity contribution in [2.75, 3.05) is 20.3 Å². The summed E-state index contributed by atoms with van der Waals surface area (Å²) in [5.41, 5.74) is 2.29. The van der Waals surface area contributed by atoms with Crippen LogP contribution in [-0.4, -0.2) is 70.5 Å². The maximum absolute atomic E-state index is 13.4. The van der Waals surface area contributed by atoms with Crippen LogP contribution in [0.4, 0.5) is 0 Å². The Kier molecular flexibility index (Phi) is 8.94. The minimum atomic E-state index is -1.17. The van der Waals surface area contributed by atoms with E-state index >= 15 is 0 Å². The van der Waals surface area contributed by atoms with E-state index in [1.54, 1.807) is 35.2 Å². The third kappa shape index (κ3) is 5.51. The number of halogens is 1. The molecule has 0 bridgehead atoms. The number of nitrogens with one attached hydrogen (secondary N) is 1. The predicted molar refractivity (Wildman–Crippen MR) is 141 cm³/mol. The van der Waals surface area contributed by atoms with Crippen LogP contribution in [-0.2, 0) is 22.7 Å². The highest BCUT2D eigenvalue weighted by molar-refractivity contribution is 6.30. The van der Waals surface area contributed by atoms with Gasteiger partial charge >= 0.3 is 0 Å². The van der Waals surface area contributed by atoms with Crippen molar-refractivity contribution in [3.8, 4) is 11.5 Å². The minimum absolute atomic E-state index is 0.0394. The molecule has 9 nitrogen and oxygen atoms in total. The van der Waals surface area contributed by atoms with Crippen molar-refractivity contribution in [2.45, 2.75) is 57.1 Å². The van der Waals surface area contributed by atoms with Gasteiger partial charge in [0, 0.05) is 35.7 Å². The number of rotatable bonds is 10. The van der Waals surface area contributed by atoms with Gasteiger partial charge in [0.15, 0.2) is 11.5 Å². The molecule has 4 N–H and O–H groups in total. The summed E-state index contributed by atoms with van der Waals surface area (Å²) in [6, 6.07) is 9.61. The van der Waals surface area contributed by atoms with Crippen molar-refractivity contribution >= 4 is 23.4 Å². The lowest BCUT2D eigenvalue weighted by Crippen LogP contribution is -2.55. The molecule has 0 saturated carbocycles. The normalized spacial score (nSPS) is 21.6. The van der Waals surface area contributed by atoms with Gasteiger partial charge < -0.3 is 35.0 Å². The summed E-state index contributed by atoms with van der Waals surface area (Å²) >= 11 is 6.04. The molecule has 0 radical (unpaired) electrons. The third-order valence-electron chi connectivity index (χ3n) is 6.91. The Morgan fingerprint density at radius 1 is 1.16 bits per heavy atom. The predicted octanol–water partition coefficient (Wildman–Crippen LogP) is 2.29. The van der Waals surface area contributed by atoms with Crippen LogP contribution in [0.25, 0.3) is 0 Å². The van der Waals surface area contributed by atoms with Crippen LogP contribution in [0.3, 0.4) is 0 Å².